The number of hydrogen-bond acceptors (Lipinski definition) is 2. The lowest BCUT2D eigenvalue weighted by Crippen LogP contribution is -2.18. The van der Waals surface area contributed by atoms with Crippen molar-refractivity contribution >= 4 is 5.78 Å². The number of carbonyl (C=O) groups is 1. The highest BCUT2D eigenvalue weighted by Crippen LogP contribution is 2.06. The average molecular weight is 170 g/mol. The molecule has 0 unspecified atom stereocenters. The molecule has 0 aliphatic carbocycles. The first kappa shape index (κ1) is 11.4. The maximum Gasteiger partial charge on any atom is 0.158 e. The lowest BCUT2D eigenvalue weighted by molar-refractivity contribution is -0.117. The van der Waals surface area contributed by atoms with E-state index in [4.69, 9.17) is 0 Å². The van der Waals surface area contributed by atoms with E-state index in [2.05, 4.69) is 0 Å². The Morgan fingerprint density at radius 3 is 2.25 bits per heavy atom. The average Bonchev–Trinajstić information content (AvgIpc) is 1.84. The van der Waals surface area contributed by atoms with Crippen molar-refractivity contribution in [2.24, 2.45) is 5.92 Å². The summed E-state index contributed by atoms with van der Waals surface area (Å²) in [5.74, 6) is 0.163. The first-order valence-electron chi connectivity index (χ1n) is 4.29. The standard InChI is InChI=1S/C10H18O2/c1-7(2)5-9(11)6-10(12)8(3)4/h5,8,10,12H,6H2,1-4H3/t10-/m0/s1. The maximum atomic E-state index is 11.1. The second-order valence-electron chi connectivity index (χ2n) is 3.70. The van der Waals surface area contributed by atoms with Gasteiger partial charge in [0.05, 0.1) is 6.10 Å². The normalized spacial score (nSPS) is 12.8. The molecule has 2 heteroatoms. The monoisotopic (exact) mass is 170 g/mol. The van der Waals surface area contributed by atoms with Crippen LogP contribution in [0.5, 0.6) is 0 Å². The zero-order chi connectivity index (χ0) is 9.72. The van der Waals surface area contributed by atoms with Gasteiger partial charge in [0, 0.05) is 6.42 Å². The number of allylic oxidation sites excluding steroid dienone is 2. The van der Waals surface area contributed by atoms with Crippen LogP contribution in [-0.2, 0) is 4.79 Å². The van der Waals surface area contributed by atoms with Gasteiger partial charge in [-0.3, -0.25) is 4.79 Å². The summed E-state index contributed by atoms with van der Waals surface area (Å²) in [5, 5.41) is 9.36. The molecule has 0 saturated heterocycles. The van der Waals surface area contributed by atoms with Crippen LogP contribution in [0.4, 0.5) is 0 Å². The lowest BCUT2D eigenvalue weighted by atomic mass is 10.0. The third-order valence-electron chi connectivity index (χ3n) is 1.63. The van der Waals surface area contributed by atoms with Crippen LogP contribution in [-0.4, -0.2) is 17.0 Å². The molecule has 0 amide bonds. The first-order valence-corrected chi connectivity index (χ1v) is 4.29. The predicted octanol–water partition coefficient (Wildman–Crippen LogP) is 1.93. The summed E-state index contributed by atoms with van der Waals surface area (Å²) in [6.45, 7) is 7.56. The number of ketones is 1. The third kappa shape index (κ3) is 5.08. The van der Waals surface area contributed by atoms with E-state index in [0.29, 0.717) is 0 Å². The molecule has 0 saturated carbocycles. The van der Waals surface area contributed by atoms with E-state index < -0.39 is 6.10 Å². The largest absolute Gasteiger partial charge is 0.392 e. The van der Waals surface area contributed by atoms with E-state index in [1.54, 1.807) is 6.08 Å². The molecular weight excluding hydrogens is 152 g/mol. The van der Waals surface area contributed by atoms with Gasteiger partial charge in [-0.1, -0.05) is 19.4 Å². The zero-order valence-electron chi connectivity index (χ0n) is 8.29. The van der Waals surface area contributed by atoms with E-state index in [1.807, 2.05) is 27.7 Å². The molecular formula is C10H18O2. The highest BCUT2D eigenvalue weighted by molar-refractivity contribution is 5.90. The number of aliphatic hydroxyl groups is 1. The topological polar surface area (TPSA) is 37.3 Å². The van der Waals surface area contributed by atoms with E-state index in [9.17, 15) is 9.90 Å². The highest BCUT2D eigenvalue weighted by Gasteiger charge is 2.12. The second kappa shape index (κ2) is 5.09. The fourth-order valence-corrected chi connectivity index (χ4v) is 0.823. The first-order chi connectivity index (χ1) is 5.43. The van der Waals surface area contributed by atoms with Crippen molar-refractivity contribution in [3.8, 4) is 0 Å². The maximum absolute atomic E-state index is 11.1. The number of carbonyl (C=O) groups excluding carboxylic acids is 1. The van der Waals surface area contributed by atoms with Crippen molar-refractivity contribution < 1.29 is 9.90 Å². The molecule has 70 valence electrons. The summed E-state index contributed by atoms with van der Waals surface area (Å²) in [6, 6.07) is 0. The summed E-state index contributed by atoms with van der Waals surface area (Å²) < 4.78 is 0. The Hall–Kier alpha value is -0.630. The van der Waals surface area contributed by atoms with E-state index in [-0.39, 0.29) is 18.1 Å². The third-order valence-corrected chi connectivity index (χ3v) is 1.63. The highest BCUT2D eigenvalue weighted by atomic mass is 16.3. The van der Waals surface area contributed by atoms with Crippen LogP contribution in [0, 0.1) is 5.92 Å². The van der Waals surface area contributed by atoms with Gasteiger partial charge in [-0.05, 0) is 25.8 Å². The van der Waals surface area contributed by atoms with Gasteiger partial charge in [0.15, 0.2) is 5.78 Å². The SMILES string of the molecule is CC(C)=CC(=O)C[C@H](O)C(C)C. The van der Waals surface area contributed by atoms with Crippen molar-refractivity contribution in [1.82, 2.24) is 0 Å². The van der Waals surface area contributed by atoms with Gasteiger partial charge in [-0.2, -0.15) is 0 Å². The minimum absolute atomic E-state index is 0.0104. The Balaban J connectivity index is 3.94. The molecule has 0 aliphatic rings. The summed E-state index contributed by atoms with van der Waals surface area (Å²) >= 11 is 0. The molecule has 1 N–H and O–H groups in total. The number of hydrogen-bond donors (Lipinski definition) is 1. The van der Waals surface area contributed by atoms with E-state index in [0.717, 1.165) is 5.57 Å². The molecule has 0 fully saturated rings. The van der Waals surface area contributed by atoms with Gasteiger partial charge < -0.3 is 5.11 Å². The summed E-state index contributed by atoms with van der Waals surface area (Å²) in [7, 11) is 0. The van der Waals surface area contributed by atoms with Crippen LogP contribution in [0.1, 0.15) is 34.1 Å². The second-order valence-corrected chi connectivity index (χ2v) is 3.70. The molecule has 0 aromatic carbocycles. The Kier molecular flexibility index (Phi) is 4.83. The van der Waals surface area contributed by atoms with Crippen LogP contribution in [0.2, 0.25) is 0 Å². The molecule has 0 bridgehead atoms. The molecule has 1 atom stereocenters. The fourth-order valence-electron chi connectivity index (χ4n) is 0.823. The van der Waals surface area contributed by atoms with Crippen molar-refractivity contribution in [1.29, 1.82) is 0 Å². The van der Waals surface area contributed by atoms with Gasteiger partial charge in [0.1, 0.15) is 0 Å². The molecule has 0 heterocycles. The Morgan fingerprint density at radius 1 is 1.42 bits per heavy atom. The quantitative estimate of drug-likeness (QED) is 0.654. The molecule has 0 aliphatic heterocycles. The number of rotatable bonds is 4. The zero-order valence-corrected chi connectivity index (χ0v) is 8.29. The molecule has 0 rings (SSSR count). The lowest BCUT2D eigenvalue weighted by Gasteiger charge is -2.11. The van der Waals surface area contributed by atoms with Crippen LogP contribution < -0.4 is 0 Å². The molecule has 12 heavy (non-hydrogen) atoms. The molecule has 2 nitrogen and oxygen atoms in total. The Bertz CT molecular complexity index is 176. The molecule has 0 radical (unpaired) electrons. The summed E-state index contributed by atoms with van der Waals surface area (Å²) in [5.41, 5.74) is 0.982. The van der Waals surface area contributed by atoms with Crippen molar-refractivity contribution in [3.05, 3.63) is 11.6 Å². The minimum atomic E-state index is -0.506. The van der Waals surface area contributed by atoms with Gasteiger partial charge >= 0.3 is 0 Å². The number of aliphatic hydroxyl groups excluding tert-OH is 1. The van der Waals surface area contributed by atoms with Crippen LogP contribution in [0.25, 0.3) is 0 Å². The molecule has 0 aromatic heterocycles. The summed E-state index contributed by atoms with van der Waals surface area (Å²) in [6.07, 6.45) is 1.31. The Labute approximate surface area is 74.3 Å². The van der Waals surface area contributed by atoms with Crippen LogP contribution >= 0.6 is 0 Å². The fraction of sp³-hybridized carbons (Fsp3) is 0.700. The predicted molar refractivity (Wildman–Crippen MR) is 49.9 cm³/mol. The van der Waals surface area contributed by atoms with Gasteiger partial charge in [-0.25, -0.2) is 0 Å². The smallest absolute Gasteiger partial charge is 0.158 e. The van der Waals surface area contributed by atoms with Crippen LogP contribution in [0.15, 0.2) is 11.6 Å². The van der Waals surface area contributed by atoms with Gasteiger partial charge in [0.2, 0.25) is 0 Å². The Morgan fingerprint density at radius 2 is 1.92 bits per heavy atom. The van der Waals surface area contributed by atoms with Crippen LogP contribution in [0.3, 0.4) is 0 Å². The minimum Gasteiger partial charge on any atom is -0.392 e. The van der Waals surface area contributed by atoms with E-state index >= 15 is 0 Å². The van der Waals surface area contributed by atoms with Crippen molar-refractivity contribution in [2.45, 2.75) is 40.2 Å². The molecule has 0 spiro atoms. The van der Waals surface area contributed by atoms with Gasteiger partial charge in [0.25, 0.3) is 0 Å². The molecule has 0 aromatic rings. The summed E-state index contributed by atoms with van der Waals surface area (Å²) in [4.78, 5) is 11.1. The van der Waals surface area contributed by atoms with Gasteiger partial charge in [-0.15, -0.1) is 0 Å². The van der Waals surface area contributed by atoms with Crippen molar-refractivity contribution in [3.63, 3.8) is 0 Å². The van der Waals surface area contributed by atoms with E-state index in [1.165, 1.54) is 0 Å². The van der Waals surface area contributed by atoms with Crippen molar-refractivity contribution in [2.75, 3.05) is 0 Å².